The number of methoxy groups -OCH3 is 1. The maximum Gasteiger partial charge on any atom is 0.272 e. The molecule has 1 aliphatic heterocycles. The number of ether oxygens (including phenoxy) is 2. The fourth-order valence-corrected chi connectivity index (χ4v) is 3.79. The van der Waals surface area contributed by atoms with Gasteiger partial charge in [-0.1, -0.05) is 12.1 Å². The molecule has 0 atom stereocenters. The second-order valence-electron chi connectivity index (χ2n) is 8.19. The average Bonchev–Trinajstić information content (AvgIpc) is 2.93. The number of hydrogen-bond acceptors (Lipinski definition) is 6. The van der Waals surface area contributed by atoms with Gasteiger partial charge >= 0.3 is 0 Å². The number of hydrogen-bond donors (Lipinski definition) is 1. The molecule has 0 saturated carbocycles. The second-order valence-corrected chi connectivity index (χ2v) is 8.19. The molecule has 2 amide bonds. The van der Waals surface area contributed by atoms with E-state index in [1.54, 1.807) is 37.6 Å². The summed E-state index contributed by atoms with van der Waals surface area (Å²) in [6, 6.07) is 16.3. The van der Waals surface area contributed by atoms with E-state index in [0.717, 1.165) is 37.1 Å². The molecule has 1 N–H and O–H groups in total. The summed E-state index contributed by atoms with van der Waals surface area (Å²) >= 11 is 0. The van der Waals surface area contributed by atoms with E-state index in [2.05, 4.69) is 15.5 Å². The van der Waals surface area contributed by atoms with Crippen molar-refractivity contribution in [2.45, 2.75) is 25.9 Å². The Morgan fingerprint density at radius 3 is 2.54 bits per heavy atom. The molecule has 0 aliphatic carbocycles. The number of piperidine rings is 1. The number of pyridine rings is 1. The zero-order valence-corrected chi connectivity index (χ0v) is 19.6. The number of rotatable bonds is 8. The van der Waals surface area contributed by atoms with Crippen LogP contribution in [-0.4, -0.2) is 48.1 Å². The molecule has 0 spiro atoms. The Morgan fingerprint density at radius 1 is 1.03 bits per heavy atom. The third-order valence-electron chi connectivity index (χ3n) is 5.73. The molecule has 1 aromatic heterocycles. The van der Waals surface area contributed by atoms with Gasteiger partial charge in [-0.3, -0.25) is 14.6 Å². The number of carbonyl (C=O) groups excluding carboxylic acids is 2. The number of hydrazone groups is 1. The molecule has 1 fully saturated rings. The lowest BCUT2D eigenvalue weighted by molar-refractivity contribution is 0.0724. The van der Waals surface area contributed by atoms with Gasteiger partial charge in [0.15, 0.2) is 11.5 Å². The highest BCUT2D eigenvalue weighted by Crippen LogP contribution is 2.28. The molecule has 8 heteroatoms. The van der Waals surface area contributed by atoms with Crippen LogP contribution in [-0.2, 0) is 6.61 Å². The van der Waals surface area contributed by atoms with Crippen LogP contribution in [0.15, 0.2) is 72.1 Å². The maximum atomic E-state index is 12.6. The van der Waals surface area contributed by atoms with Gasteiger partial charge in [-0.05, 0) is 72.9 Å². The van der Waals surface area contributed by atoms with Crippen LogP contribution in [0.3, 0.4) is 0 Å². The SMILES string of the molecule is COc1cc(/C=N\NC(=O)c2cccnc2)ccc1OCc1ccc(C(=O)N2CCCCC2)cc1. The average molecular weight is 473 g/mol. The molecule has 8 nitrogen and oxygen atoms in total. The monoisotopic (exact) mass is 472 g/mol. The zero-order valence-electron chi connectivity index (χ0n) is 19.6. The van der Waals surface area contributed by atoms with Crippen molar-refractivity contribution in [3.63, 3.8) is 0 Å². The van der Waals surface area contributed by atoms with Gasteiger partial charge in [0.05, 0.1) is 18.9 Å². The van der Waals surface area contributed by atoms with Crippen LogP contribution < -0.4 is 14.9 Å². The fourth-order valence-electron chi connectivity index (χ4n) is 3.79. The van der Waals surface area contributed by atoms with Gasteiger partial charge in [0.2, 0.25) is 0 Å². The van der Waals surface area contributed by atoms with Gasteiger partial charge in [0.25, 0.3) is 11.8 Å². The third kappa shape index (κ3) is 6.44. The number of amides is 2. The highest BCUT2D eigenvalue weighted by Gasteiger charge is 2.18. The Hall–Kier alpha value is -4.20. The predicted octanol–water partition coefficient (Wildman–Crippen LogP) is 4.06. The Morgan fingerprint density at radius 2 is 1.83 bits per heavy atom. The molecule has 2 heterocycles. The van der Waals surface area contributed by atoms with Crippen molar-refractivity contribution < 1.29 is 19.1 Å². The Balaban J connectivity index is 1.33. The van der Waals surface area contributed by atoms with Crippen LogP contribution >= 0.6 is 0 Å². The molecule has 3 aromatic rings. The molecule has 2 aromatic carbocycles. The number of benzene rings is 2. The smallest absolute Gasteiger partial charge is 0.272 e. The van der Waals surface area contributed by atoms with Crippen molar-refractivity contribution in [2.75, 3.05) is 20.2 Å². The summed E-state index contributed by atoms with van der Waals surface area (Å²) in [5.41, 5.74) is 5.29. The predicted molar refractivity (Wildman–Crippen MR) is 133 cm³/mol. The van der Waals surface area contributed by atoms with E-state index >= 15 is 0 Å². The van der Waals surface area contributed by atoms with E-state index < -0.39 is 0 Å². The van der Waals surface area contributed by atoms with Gasteiger partial charge in [-0.15, -0.1) is 0 Å². The summed E-state index contributed by atoms with van der Waals surface area (Å²) < 4.78 is 11.4. The van der Waals surface area contributed by atoms with Gasteiger partial charge in [0.1, 0.15) is 6.61 Å². The molecule has 180 valence electrons. The second kappa shape index (κ2) is 11.8. The van der Waals surface area contributed by atoms with E-state index in [9.17, 15) is 9.59 Å². The quantitative estimate of drug-likeness (QED) is 0.394. The van der Waals surface area contributed by atoms with Crippen LogP contribution in [0.2, 0.25) is 0 Å². The normalized spacial score (nSPS) is 13.5. The number of aromatic nitrogens is 1. The minimum Gasteiger partial charge on any atom is -0.493 e. The van der Waals surface area contributed by atoms with E-state index in [-0.39, 0.29) is 11.8 Å². The van der Waals surface area contributed by atoms with E-state index in [0.29, 0.717) is 29.2 Å². The van der Waals surface area contributed by atoms with E-state index in [1.807, 2.05) is 35.2 Å². The minimum atomic E-state index is -0.343. The molecule has 35 heavy (non-hydrogen) atoms. The number of likely N-dealkylation sites (tertiary alicyclic amines) is 1. The summed E-state index contributed by atoms with van der Waals surface area (Å²) in [4.78, 5) is 30.5. The molecule has 0 unspecified atom stereocenters. The first-order valence-corrected chi connectivity index (χ1v) is 11.6. The molecular formula is C27H28N4O4. The van der Waals surface area contributed by atoms with Crippen LogP contribution in [0.25, 0.3) is 0 Å². The Labute approximate surface area is 204 Å². The lowest BCUT2D eigenvalue weighted by Gasteiger charge is -2.26. The Kier molecular flexibility index (Phi) is 8.06. The van der Waals surface area contributed by atoms with Crippen LogP contribution in [0, 0.1) is 0 Å². The first-order valence-electron chi connectivity index (χ1n) is 11.6. The lowest BCUT2D eigenvalue weighted by atomic mass is 10.1. The summed E-state index contributed by atoms with van der Waals surface area (Å²) in [5.74, 6) is 0.875. The molecular weight excluding hydrogens is 444 g/mol. The van der Waals surface area contributed by atoms with Gasteiger partial charge < -0.3 is 14.4 Å². The van der Waals surface area contributed by atoms with Crippen molar-refractivity contribution in [3.8, 4) is 11.5 Å². The van der Waals surface area contributed by atoms with Crippen molar-refractivity contribution in [3.05, 3.63) is 89.2 Å². The first kappa shape index (κ1) is 23.9. The molecule has 0 bridgehead atoms. The van der Waals surface area contributed by atoms with Crippen molar-refractivity contribution in [1.82, 2.24) is 15.3 Å². The van der Waals surface area contributed by atoms with Crippen molar-refractivity contribution in [1.29, 1.82) is 0 Å². The lowest BCUT2D eigenvalue weighted by Crippen LogP contribution is -2.35. The minimum absolute atomic E-state index is 0.0905. The van der Waals surface area contributed by atoms with Crippen molar-refractivity contribution in [2.24, 2.45) is 5.10 Å². The highest BCUT2D eigenvalue weighted by atomic mass is 16.5. The van der Waals surface area contributed by atoms with Gasteiger partial charge in [-0.25, -0.2) is 5.43 Å². The van der Waals surface area contributed by atoms with Crippen LogP contribution in [0.5, 0.6) is 11.5 Å². The number of nitrogens with one attached hydrogen (secondary N) is 1. The number of carbonyl (C=O) groups is 2. The van der Waals surface area contributed by atoms with E-state index in [4.69, 9.17) is 9.47 Å². The summed E-state index contributed by atoms with van der Waals surface area (Å²) in [7, 11) is 1.56. The maximum absolute atomic E-state index is 12.6. The molecule has 1 aliphatic rings. The van der Waals surface area contributed by atoms with Gasteiger partial charge in [0, 0.05) is 31.0 Å². The van der Waals surface area contributed by atoms with Crippen molar-refractivity contribution >= 4 is 18.0 Å². The zero-order chi connectivity index (χ0) is 24.5. The summed E-state index contributed by atoms with van der Waals surface area (Å²) in [6.45, 7) is 2.01. The molecule has 1 saturated heterocycles. The summed E-state index contributed by atoms with van der Waals surface area (Å²) in [6.07, 6.45) is 7.94. The number of nitrogens with zero attached hydrogens (tertiary/aromatic N) is 3. The standard InChI is InChI=1S/C27H28N4O4/c1-34-25-16-21(17-29-30-26(32)23-6-5-13-28-18-23)9-12-24(25)35-19-20-7-10-22(11-8-20)27(33)31-14-3-2-4-15-31/h5-13,16-18H,2-4,14-15,19H2,1H3,(H,30,32)/b29-17-. The van der Waals surface area contributed by atoms with Crippen LogP contribution in [0.4, 0.5) is 0 Å². The van der Waals surface area contributed by atoms with Gasteiger partial charge in [-0.2, -0.15) is 5.10 Å². The third-order valence-corrected chi connectivity index (χ3v) is 5.73. The highest BCUT2D eigenvalue weighted by molar-refractivity contribution is 5.95. The van der Waals surface area contributed by atoms with Crippen LogP contribution in [0.1, 0.15) is 51.1 Å². The first-order chi connectivity index (χ1) is 17.1. The molecule has 0 radical (unpaired) electrons. The summed E-state index contributed by atoms with van der Waals surface area (Å²) in [5, 5.41) is 3.99. The molecule has 4 rings (SSSR count). The Bertz CT molecular complexity index is 1170. The van der Waals surface area contributed by atoms with E-state index in [1.165, 1.54) is 18.8 Å². The topological polar surface area (TPSA) is 93.1 Å². The largest absolute Gasteiger partial charge is 0.493 e. The fraction of sp³-hybridized carbons (Fsp3) is 0.259.